The Balaban J connectivity index is 1.60. The van der Waals surface area contributed by atoms with Crippen LogP contribution in [0.1, 0.15) is 29.5 Å². The van der Waals surface area contributed by atoms with Gasteiger partial charge in [0.25, 0.3) is 0 Å². The molecule has 0 aromatic heterocycles. The van der Waals surface area contributed by atoms with Gasteiger partial charge >= 0.3 is 0 Å². The minimum absolute atomic E-state index is 0.0398. The van der Waals surface area contributed by atoms with Gasteiger partial charge in [0.05, 0.1) is 5.56 Å². The van der Waals surface area contributed by atoms with E-state index in [-0.39, 0.29) is 36.1 Å². The minimum Gasteiger partial charge on any atom is -0.507 e. The van der Waals surface area contributed by atoms with Crippen molar-refractivity contribution < 1.29 is 39.2 Å². The second-order valence-corrected chi connectivity index (χ2v) is 9.23. The number of fused-ring (bicyclic) bond motifs is 3. The maximum absolute atomic E-state index is 13.5. The zero-order chi connectivity index (χ0) is 25.1. The Kier molecular flexibility index (Phi) is 5.25. The summed E-state index contributed by atoms with van der Waals surface area (Å²) in [6.07, 6.45) is 8.96. The van der Waals surface area contributed by atoms with E-state index in [1.165, 1.54) is 6.07 Å². The second-order valence-electron chi connectivity index (χ2n) is 9.23. The summed E-state index contributed by atoms with van der Waals surface area (Å²) in [4.78, 5) is 50.6. The Labute approximate surface area is 199 Å². The number of carbonyl (C=O) groups is 4. The summed E-state index contributed by atoms with van der Waals surface area (Å²) in [7, 11) is 0. The SMILES string of the molecule is NC(=O)C1C(=O)C[C@@H]2C[C@@H]3Cc4c(C=CC5=CC=CCO5)ccc(O)c4C(O)=C3C(=O)[C@]2(O)C1=O. The molecule has 2 fully saturated rings. The van der Waals surface area contributed by atoms with Crippen LogP contribution in [0.5, 0.6) is 5.75 Å². The molecule has 5 N–H and O–H groups in total. The number of nitrogens with two attached hydrogens (primary N) is 1. The quantitative estimate of drug-likeness (QED) is 0.473. The molecule has 1 aliphatic heterocycles. The van der Waals surface area contributed by atoms with Crippen LogP contribution >= 0.6 is 0 Å². The van der Waals surface area contributed by atoms with Crippen LogP contribution < -0.4 is 5.73 Å². The lowest BCUT2D eigenvalue weighted by Gasteiger charge is -2.46. The minimum atomic E-state index is -2.64. The number of ether oxygens (including phenoxy) is 1. The molecule has 1 aromatic rings. The first-order valence-electron chi connectivity index (χ1n) is 11.2. The first-order chi connectivity index (χ1) is 16.6. The fourth-order valence-electron chi connectivity index (χ4n) is 5.61. The van der Waals surface area contributed by atoms with E-state index in [1.807, 2.05) is 12.2 Å². The standard InChI is InChI=1S/C26H23NO8/c27-25(33)21-18(29)11-14-9-13-10-16-12(4-6-15-3-1-2-8-35-15)5-7-17(28)20(16)22(30)19(13)23(31)26(14,34)24(21)32/h1-7,13-14,21,28,30,34H,8-11H2,(H2,27,33)/t13-,14+,21?,26+/m1/s1. The number of aliphatic hydroxyl groups is 2. The molecule has 0 spiro atoms. The van der Waals surface area contributed by atoms with E-state index >= 15 is 0 Å². The fraction of sp³-hybridized carbons (Fsp3) is 0.308. The average Bonchev–Trinajstić information content (AvgIpc) is 2.81. The van der Waals surface area contributed by atoms with Crippen LogP contribution in [0.2, 0.25) is 0 Å². The number of phenolic OH excluding ortho intramolecular Hbond substituents is 1. The van der Waals surface area contributed by atoms with Crippen molar-refractivity contribution in [2.75, 3.05) is 6.61 Å². The molecule has 0 bridgehead atoms. The molecule has 35 heavy (non-hydrogen) atoms. The van der Waals surface area contributed by atoms with Gasteiger partial charge in [-0.3, -0.25) is 19.2 Å². The zero-order valence-corrected chi connectivity index (χ0v) is 18.6. The van der Waals surface area contributed by atoms with Crippen molar-refractivity contribution >= 4 is 35.1 Å². The molecule has 1 aromatic carbocycles. The normalized spacial score (nSPS) is 29.9. The van der Waals surface area contributed by atoms with Gasteiger partial charge in [0.15, 0.2) is 23.1 Å². The molecule has 1 heterocycles. The van der Waals surface area contributed by atoms with Crippen LogP contribution in [0.15, 0.2) is 47.8 Å². The van der Waals surface area contributed by atoms with Gasteiger partial charge in [0.2, 0.25) is 11.7 Å². The summed E-state index contributed by atoms with van der Waals surface area (Å²) in [5.74, 6) is -7.99. The van der Waals surface area contributed by atoms with E-state index in [0.29, 0.717) is 23.5 Å². The summed E-state index contributed by atoms with van der Waals surface area (Å²) >= 11 is 0. The van der Waals surface area contributed by atoms with Gasteiger partial charge in [-0.05, 0) is 54.2 Å². The molecule has 180 valence electrons. The van der Waals surface area contributed by atoms with Gasteiger partial charge in [0.1, 0.15) is 23.9 Å². The number of phenols is 1. The Morgan fingerprint density at radius 2 is 1.91 bits per heavy atom. The van der Waals surface area contributed by atoms with Gasteiger partial charge < -0.3 is 25.8 Å². The van der Waals surface area contributed by atoms with Crippen molar-refractivity contribution in [3.05, 3.63) is 64.5 Å². The molecule has 4 aliphatic rings. The largest absolute Gasteiger partial charge is 0.507 e. The van der Waals surface area contributed by atoms with Crippen molar-refractivity contribution in [1.29, 1.82) is 0 Å². The lowest BCUT2D eigenvalue weighted by Crippen LogP contribution is -2.65. The first-order valence-corrected chi connectivity index (χ1v) is 11.2. The Bertz CT molecular complexity index is 1320. The van der Waals surface area contributed by atoms with E-state index < -0.39 is 52.4 Å². The van der Waals surface area contributed by atoms with Crippen molar-refractivity contribution in [3.63, 3.8) is 0 Å². The van der Waals surface area contributed by atoms with E-state index in [1.54, 1.807) is 24.3 Å². The molecule has 9 nitrogen and oxygen atoms in total. The van der Waals surface area contributed by atoms with Crippen molar-refractivity contribution in [3.8, 4) is 5.75 Å². The maximum atomic E-state index is 13.5. The second kappa shape index (κ2) is 8.06. The Hall–Kier alpha value is -3.98. The van der Waals surface area contributed by atoms with E-state index in [4.69, 9.17) is 10.5 Å². The number of Topliss-reactive ketones (excluding diaryl/α,β-unsaturated/α-hetero) is 3. The van der Waals surface area contributed by atoms with Gasteiger partial charge in [0, 0.05) is 17.9 Å². The number of benzene rings is 1. The van der Waals surface area contributed by atoms with Crippen LogP contribution in [0.25, 0.3) is 11.8 Å². The van der Waals surface area contributed by atoms with Gasteiger partial charge in [-0.1, -0.05) is 18.2 Å². The molecule has 0 saturated heterocycles. The topological polar surface area (TPSA) is 164 Å². The highest BCUT2D eigenvalue weighted by Crippen LogP contribution is 2.51. The fourth-order valence-corrected chi connectivity index (χ4v) is 5.61. The van der Waals surface area contributed by atoms with Crippen molar-refractivity contribution in [1.82, 2.24) is 0 Å². The zero-order valence-electron chi connectivity index (χ0n) is 18.6. The van der Waals surface area contributed by atoms with Gasteiger partial charge in [-0.25, -0.2) is 0 Å². The summed E-state index contributed by atoms with van der Waals surface area (Å²) < 4.78 is 5.51. The lowest BCUT2D eigenvalue weighted by molar-refractivity contribution is -0.169. The predicted octanol–water partition coefficient (Wildman–Crippen LogP) is 1.28. The van der Waals surface area contributed by atoms with Crippen molar-refractivity contribution in [2.45, 2.75) is 24.9 Å². The Morgan fingerprint density at radius 3 is 2.60 bits per heavy atom. The van der Waals surface area contributed by atoms with E-state index in [0.717, 1.165) is 0 Å². The molecule has 3 aliphatic carbocycles. The molecule has 9 heteroatoms. The molecule has 2 saturated carbocycles. The molecule has 0 radical (unpaired) electrons. The van der Waals surface area contributed by atoms with Gasteiger partial charge in [-0.15, -0.1) is 0 Å². The number of hydrogen-bond acceptors (Lipinski definition) is 8. The number of rotatable bonds is 3. The number of aliphatic hydroxyl groups excluding tert-OH is 1. The summed E-state index contributed by atoms with van der Waals surface area (Å²) in [5.41, 5.74) is 3.66. The molecule has 4 atom stereocenters. The molecule has 5 rings (SSSR count). The number of carbonyl (C=O) groups excluding carboxylic acids is 4. The smallest absolute Gasteiger partial charge is 0.235 e. The third-order valence-electron chi connectivity index (χ3n) is 7.29. The van der Waals surface area contributed by atoms with Crippen LogP contribution in [-0.2, 0) is 30.3 Å². The molecular formula is C26H23NO8. The number of amides is 1. The van der Waals surface area contributed by atoms with Crippen LogP contribution in [0.3, 0.4) is 0 Å². The van der Waals surface area contributed by atoms with Gasteiger partial charge in [-0.2, -0.15) is 0 Å². The molecule has 1 amide bonds. The lowest BCUT2D eigenvalue weighted by atomic mass is 9.56. The third kappa shape index (κ3) is 3.34. The highest BCUT2D eigenvalue weighted by atomic mass is 16.5. The highest BCUT2D eigenvalue weighted by Gasteiger charge is 2.64. The number of primary amides is 1. The van der Waals surface area contributed by atoms with E-state index in [2.05, 4.69) is 0 Å². The molecular weight excluding hydrogens is 454 g/mol. The first kappa shape index (κ1) is 22.8. The van der Waals surface area contributed by atoms with E-state index in [9.17, 15) is 34.5 Å². The van der Waals surface area contributed by atoms with Crippen molar-refractivity contribution in [2.24, 2.45) is 23.5 Å². The third-order valence-corrected chi connectivity index (χ3v) is 7.29. The number of allylic oxidation sites excluding steroid dienone is 3. The highest BCUT2D eigenvalue weighted by molar-refractivity contribution is 6.31. The molecule has 1 unspecified atom stereocenters. The summed E-state index contributed by atoms with van der Waals surface area (Å²) in [5, 5.41) is 32.9. The summed E-state index contributed by atoms with van der Waals surface area (Å²) in [6, 6.07) is 3.05. The average molecular weight is 477 g/mol. The predicted molar refractivity (Wildman–Crippen MR) is 122 cm³/mol. The number of hydrogen-bond donors (Lipinski definition) is 4. The Morgan fingerprint density at radius 1 is 1.14 bits per heavy atom. The number of ketones is 3. The monoisotopic (exact) mass is 477 g/mol. The van der Waals surface area contributed by atoms with Crippen LogP contribution in [-0.4, -0.2) is 50.8 Å². The number of aromatic hydroxyl groups is 1. The van der Waals surface area contributed by atoms with Crippen LogP contribution in [0.4, 0.5) is 0 Å². The van der Waals surface area contributed by atoms with Crippen LogP contribution in [0, 0.1) is 17.8 Å². The summed E-state index contributed by atoms with van der Waals surface area (Å²) in [6.45, 7) is 0.444. The maximum Gasteiger partial charge on any atom is 0.235 e.